The molecule has 2 amide bonds. The minimum absolute atomic E-state index is 0.0528. The number of amides is 2. The monoisotopic (exact) mass is 478 g/mol. The second-order valence-corrected chi connectivity index (χ2v) is 10.4. The van der Waals surface area contributed by atoms with Gasteiger partial charge in [0.1, 0.15) is 23.9 Å². The fourth-order valence-corrected chi connectivity index (χ4v) is 5.36. The lowest BCUT2D eigenvalue weighted by molar-refractivity contribution is -0.135. The lowest BCUT2D eigenvalue weighted by Crippen LogP contribution is -2.53. The van der Waals surface area contributed by atoms with Crippen molar-refractivity contribution in [2.75, 3.05) is 25.4 Å². The first-order chi connectivity index (χ1) is 16.9. The van der Waals surface area contributed by atoms with Crippen LogP contribution in [0.3, 0.4) is 0 Å². The molecule has 7 heteroatoms. The fourth-order valence-electron chi connectivity index (χ4n) is 5.36. The van der Waals surface area contributed by atoms with Crippen LogP contribution in [-0.4, -0.2) is 47.4 Å². The smallest absolute Gasteiger partial charge is 0.272 e. The van der Waals surface area contributed by atoms with Gasteiger partial charge in [-0.15, -0.1) is 0 Å². The molecule has 1 fully saturated rings. The summed E-state index contributed by atoms with van der Waals surface area (Å²) in [5.41, 5.74) is 6.89. The summed E-state index contributed by atoms with van der Waals surface area (Å²) in [6, 6.07) is 13.3. The van der Waals surface area contributed by atoms with E-state index in [4.69, 9.17) is 10.5 Å². The number of nitrogens with two attached hydrogens (primary N) is 1. The zero-order valence-electron chi connectivity index (χ0n) is 21.0. The van der Waals surface area contributed by atoms with Crippen molar-refractivity contribution < 1.29 is 14.3 Å². The van der Waals surface area contributed by atoms with Crippen LogP contribution >= 0.6 is 0 Å². The lowest BCUT2D eigenvalue weighted by Gasteiger charge is -2.41. The fraction of sp³-hybridized carbons (Fsp3) is 0.536. The second kappa shape index (κ2) is 11.1. The molecule has 0 aliphatic carbocycles. The second-order valence-electron chi connectivity index (χ2n) is 10.4. The van der Waals surface area contributed by atoms with Crippen molar-refractivity contribution >= 4 is 17.6 Å². The quantitative estimate of drug-likeness (QED) is 0.688. The maximum atomic E-state index is 13.7. The molecule has 0 radical (unpaired) electrons. The van der Waals surface area contributed by atoms with Gasteiger partial charge in [-0.2, -0.15) is 0 Å². The summed E-state index contributed by atoms with van der Waals surface area (Å²) in [7, 11) is 0. The molecular weight excluding hydrogens is 440 g/mol. The number of carbonyl (C=O) groups is 2. The van der Waals surface area contributed by atoms with E-state index in [0.717, 1.165) is 37.9 Å². The van der Waals surface area contributed by atoms with Gasteiger partial charge in [-0.3, -0.25) is 9.59 Å². The van der Waals surface area contributed by atoms with Crippen LogP contribution in [0.4, 0.5) is 5.82 Å². The number of pyridine rings is 1. The number of fused-ring (bicyclic) bond motifs is 1. The lowest BCUT2D eigenvalue weighted by atomic mass is 9.73. The first-order valence-electron chi connectivity index (χ1n) is 12.9. The van der Waals surface area contributed by atoms with Gasteiger partial charge < -0.3 is 20.7 Å². The first-order valence-corrected chi connectivity index (χ1v) is 12.9. The van der Waals surface area contributed by atoms with E-state index in [1.165, 1.54) is 5.56 Å². The van der Waals surface area contributed by atoms with Crippen LogP contribution in [-0.2, 0) is 11.2 Å². The summed E-state index contributed by atoms with van der Waals surface area (Å²) < 4.78 is 6.22. The molecule has 1 spiro atoms. The van der Waals surface area contributed by atoms with Gasteiger partial charge in [0, 0.05) is 13.1 Å². The molecule has 1 aromatic heterocycles. The zero-order chi connectivity index (χ0) is 24.8. The third-order valence-corrected chi connectivity index (χ3v) is 7.33. The average molecular weight is 479 g/mol. The van der Waals surface area contributed by atoms with E-state index in [1.54, 1.807) is 23.1 Å². The third kappa shape index (κ3) is 6.13. The number of para-hydroxylation sites is 1. The van der Waals surface area contributed by atoms with E-state index in [9.17, 15) is 9.59 Å². The number of nitrogens with zero attached hydrogens (tertiary/aromatic N) is 2. The number of ether oxygens (including phenoxy) is 1. The first kappa shape index (κ1) is 25.0. The number of carbonyl (C=O) groups excluding carboxylic acids is 2. The van der Waals surface area contributed by atoms with Gasteiger partial charge in [0.2, 0.25) is 5.91 Å². The van der Waals surface area contributed by atoms with Crippen molar-refractivity contribution in [2.24, 2.45) is 11.3 Å². The number of rotatable bonds is 3. The molecule has 188 valence electrons. The number of hydrogen-bond acceptors (Lipinski definition) is 5. The molecule has 0 saturated carbocycles. The maximum absolute atomic E-state index is 13.7. The molecule has 35 heavy (non-hydrogen) atoms. The number of anilines is 1. The summed E-state index contributed by atoms with van der Waals surface area (Å²) in [5.74, 6) is 1.68. The van der Waals surface area contributed by atoms with Gasteiger partial charge in [0.15, 0.2) is 0 Å². The highest BCUT2D eigenvalue weighted by molar-refractivity contribution is 5.93. The number of aryl methyl sites for hydroxylation is 1. The number of likely N-dealkylation sites (tertiary alicyclic amines) is 1. The van der Waals surface area contributed by atoms with Crippen molar-refractivity contribution in [2.45, 2.75) is 64.8 Å². The molecule has 3 N–H and O–H groups in total. The summed E-state index contributed by atoms with van der Waals surface area (Å²) in [5, 5.41) is 3.34. The zero-order valence-corrected chi connectivity index (χ0v) is 21.0. The Hall–Kier alpha value is -3.09. The van der Waals surface area contributed by atoms with Gasteiger partial charge in [0.05, 0.1) is 11.5 Å². The van der Waals surface area contributed by atoms with Crippen molar-refractivity contribution in [3.8, 4) is 5.75 Å². The molecule has 7 nitrogen and oxygen atoms in total. The number of nitrogen functional groups attached to an aromatic ring is 1. The number of piperidine rings is 1. The van der Waals surface area contributed by atoms with Gasteiger partial charge in [-0.05, 0) is 68.2 Å². The predicted molar refractivity (Wildman–Crippen MR) is 137 cm³/mol. The summed E-state index contributed by atoms with van der Waals surface area (Å²) in [4.78, 5) is 32.7. The van der Waals surface area contributed by atoms with Gasteiger partial charge >= 0.3 is 0 Å². The van der Waals surface area contributed by atoms with Gasteiger partial charge in [0.25, 0.3) is 5.91 Å². The molecule has 1 saturated heterocycles. The number of nitrogens with one attached hydrogen (secondary N) is 1. The normalized spacial score (nSPS) is 20.8. The molecule has 3 heterocycles. The summed E-state index contributed by atoms with van der Waals surface area (Å²) >= 11 is 0. The van der Waals surface area contributed by atoms with Crippen LogP contribution < -0.4 is 15.8 Å². The molecule has 1 aromatic carbocycles. The van der Waals surface area contributed by atoms with E-state index < -0.39 is 5.41 Å². The molecule has 2 aromatic rings. The third-order valence-electron chi connectivity index (χ3n) is 7.33. The largest absolute Gasteiger partial charge is 0.491 e. The van der Waals surface area contributed by atoms with E-state index in [-0.39, 0.29) is 17.9 Å². The highest BCUT2D eigenvalue weighted by Crippen LogP contribution is 2.38. The van der Waals surface area contributed by atoms with Gasteiger partial charge in [-0.1, -0.05) is 44.5 Å². The van der Waals surface area contributed by atoms with Crippen molar-refractivity contribution in [3.63, 3.8) is 0 Å². The Bertz CT molecular complexity index is 1030. The molecule has 0 unspecified atom stereocenters. The molecule has 4 rings (SSSR count). The number of hydrogen-bond donors (Lipinski definition) is 2. The molecule has 2 aliphatic heterocycles. The molecular formula is C28H38N4O3. The standard InChI is InChI=1S/C28H38N4O3/c1-20(2)18-22-19-35-24-11-4-3-8-21(24)9-5-6-13-28(27(34)30-22)14-16-32(17-15-28)26(33)23-10-7-12-25(29)31-23/h3-4,7-8,10-12,20,22H,5-6,9,13-19H2,1-2H3,(H2,29,31)(H,30,34)/t22-/m0/s1. The Morgan fingerprint density at radius 3 is 2.66 bits per heavy atom. The van der Waals surface area contributed by atoms with E-state index in [0.29, 0.717) is 50.0 Å². The highest BCUT2D eigenvalue weighted by Gasteiger charge is 2.42. The van der Waals surface area contributed by atoms with Crippen LogP contribution in [0, 0.1) is 11.3 Å². The van der Waals surface area contributed by atoms with Crippen LogP contribution in [0.15, 0.2) is 42.5 Å². The number of benzene rings is 1. The number of aromatic nitrogens is 1. The van der Waals surface area contributed by atoms with Crippen LogP contribution in [0.1, 0.15) is 68.4 Å². The van der Waals surface area contributed by atoms with Crippen LogP contribution in [0.25, 0.3) is 0 Å². The topological polar surface area (TPSA) is 97.6 Å². The van der Waals surface area contributed by atoms with Crippen molar-refractivity contribution in [1.82, 2.24) is 15.2 Å². The predicted octanol–water partition coefficient (Wildman–Crippen LogP) is 4.22. The Morgan fingerprint density at radius 2 is 1.91 bits per heavy atom. The summed E-state index contributed by atoms with van der Waals surface area (Å²) in [6.45, 7) is 5.87. The van der Waals surface area contributed by atoms with E-state index >= 15 is 0 Å². The van der Waals surface area contributed by atoms with Gasteiger partial charge in [-0.25, -0.2) is 4.98 Å². The molecule has 0 bridgehead atoms. The molecule has 1 atom stereocenters. The summed E-state index contributed by atoms with van der Waals surface area (Å²) in [6.07, 6.45) is 5.89. The van der Waals surface area contributed by atoms with Crippen LogP contribution in [0.5, 0.6) is 5.75 Å². The SMILES string of the molecule is CC(C)C[C@H]1COc2ccccc2CCCCC2(CCN(C(=O)c3cccc(N)n3)CC2)C(=O)N1. The minimum Gasteiger partial charge on any atom is -0.491 e. The van der Waals surface area contributed by atoms with E-state index in [1.807, 2.05) is 12.1 Å². The Kier molecular flexibility index (Phi) is 7.93. The van der Waals surface area contributed by atoms with Crippen molar-refractivity contribution in [1.29, 1.82) is 0 Å². The highest BCUT2D eigenvalue weighted by atomic mass is 16.5. The Balaban J connectivity index is 1.50. The Labute approximate surface area is 208 Å². The van der Waals surface area contributed by atoms with Crippen LogP contribution in [0.2, 0.25) is 0 Å². The molecule has 2 aliphatic rings. The maximum Gasteiger partial charge on any atom is 0.272 e. The Morgan fingerprint density at radius 1 is 1.14 bits per heavy atom. The van der Waals surface area contributed by atoms with Crippen molar-refractivity contribution in [3.05, 3.63) is 53.7 Å². The average Bonchev–Trinajstić information content (AvgIpc) is 2.84. The van der Waals surface area contributed by atoms with E-state index in [2.05, 4.69) is 36.3 Å². The minimum atomic E-state index is -0.464.